The van der Waals surface area contributed by atoms with E-state index in [1.165, 1.54) is 13.1 Å². The zero-order valence-corrected chi connectivity index (χ0v) is 10.2. The van der Waals surface area contributed by atoms with Crippen LogP contribution in [-0.4, -0.2) is 46.2 Å². The highest BCUT2D eigenvalue weighted by atomic mass is 16.5. The second-order valence-corrected chi connectivity index (χ2v) is 4.56. The molecule has 8 heteroatoms. The Hall–Kier alpha value is -2.22. The van der Waals surface area contributed by atoms with Gasteiger partial charge in [0.25, 0.3) is 11.5 Å². The molecule has 1 aromatic rings. The van der Waals surface area contributed by atoms with E-state index in [0.717, 1.165) is 6.20 Å². The number of aromatic amines is 1. The van der Waals surface area contributed by atoms with Gasteiger partial charge in [0.1, 0.15) is 11.1 Å². The number of rotatable bonds is 3. The van der Waals surface area contributed by atoms with Crippen molar-refractivity contribution >= 4 is 11.9 Å². The lowest BCUT2D eigenvalue weighted by Gasteiger charge is -2.25. The summed E-state index contributed by atoms with van der Waals surface area (Å²) < 4.78 is 5.12. The third-order valence-corrected chi connectivity index (χ3v) is 3.15. The number of aliphatic carboxylic acids is 1. The molecule has 19 heavy (non-hydrogen) atoms. The molecule has 1 aliphatic rings. The van der Waals surface area contributed by atoms with Gasteiger partial charge in [-0.1, -0.05) is 0 Å². The van der Waals surface area contributed by atoms with Crippen molar-refractivity contribution in [2.75, 3.05) is 13.2 Å². The first-order valence-electron chi connectivity index (χ1n) is 5.60. The summed E-state index contributed by atoms with van der Waals surface area (Å²) in [5.74, 6) is -1.59. The molecule has 2 heterocycles. The molecule has 8 nitrogen and oxygen atoms in total. The highest BCUT2D eigenvalue weighted by Crippen LogP contribution is 2.28. The highest BCUT2D eigenvalue weighted by molar-refractivity contribution is 5.92. The van der Waals surface area contributed by atoms with Crippen molar-refractivity contribution in [2.45, 2.75) is 13.0 Å². The van der Waals surface area contributed by atoms with Crippen molar-refractivity contribution in [2.24, 2.45) is 5.41 Å². The van der Waals surface area contributed by atoms with Gasteiger partial charge in [-0.05, 0) is 6.92 Å². The second-order valence-electron chi connectivity index (χ2n) is 4.56. The van der Waals surface area contributed by atoms with Gasteiger partial charge >= 0.3 is 5.97 Å². The van der Waals surface area contributed by atoms with Crippen LogP contribution in [0.2, 0.25) is 0 Å². The molecular weight excluding hydrogens is 254 g/mol. The van der Waals surface area contributed by atoms with Crippen molar-refractivity contribution < 1.29 is 19.4 Å². The first-order chi connectivity index (χ1) is 8.93. The van der Waals surface area contributed by atoms with Gasteiger partial charge in [0.05, 0.1) is 25.5 Å². The zero-order valence-electron chi connectivity index (χ0n) is 10.2. The molecule has 1 amide bonds. The Kier molecular flexibility index (Phi) is 3.34. The maximum atomic E-state index is 11.9. The van der Waals surface area contributed by atoms with Crippen LogP contribution in [-0.2, 0) is 9.53 Å². The van der Waals surface area contributed by atoms with Crippen molar-refractivity contribution in [3.05, 3.63) is 28.4 Å². The molecule has 0 bridgehead atoms. The Morgan fingerprint density at radius 1 is 1.63 bits per heavy atom. The van der Waals surface area contributed by atoms with E-state index in [4.69, 9.17) is 9.84 Å². The number of carbonyl (C=O) groups is 2. The molecule has 102 valence electrons. The first kappa shape index (κ1) is 13.2. The van der Waals surface area contributed by atoms with E-state index in [9.17, 15) is 14.4 Å². The number of ether oxygens (including phenoxy) is 1. The number of nitrogens with zero attached hydrogens (tertiary/aromatic N) is 1. The van der Waals surface area contributed by atoms with Crippen LogP contribution in [0.3, 0.4) is 0 Å². The summed E-state index contributed by atoms with van der Waals surface area (Å²) in [7, 11) is 0. The minimum atomic E-state index is -1.17. The second kappa shape index (κ2) is 4.81. The summed E-state index contributed by atoms with van der Waals surface area (Å²) in [6.07, 6.45) is 2.15. The molecule has 2 rings (SSSR count). The van der Waals surface area contributed by atoms with Gasteiger partial charge < -0.3 is 20.1 Å². The number of H-pyrrole nitrogens is 1. The number of hydrogen-bond donors (Lipinski definition) is 3. The fourth-order valence-electron chi connectivity index (χ4n) is 1.78. The van der Waals surface area contributed by atoms with E-state index in [1.54, 1.807) is 0 Å². The maximum Gasteiger partial charge on any atom is 0.313 e. The summed E-state index contributed by atoms with van der Waals surface area (Å²) in [4.78, 5) is 39.9. The van der Waals surface area contributed by atoms with Crippen molar-refractivity contribution in [1.29, 1.82) is 0 Å². The molecule has 3 N–H and O–H groups in total. The van der Waals surface area contributed by atoms with Gasteiger partial charge in [-0.25, -0.2) is 4.98 Å². The fraction of sp³-hybridized carbons (Fsp3) is 0.455. The van der Waals surface area contributed by atoms with Crippen LogP contribution in [0.5, 0.6) is 0 Å². The molecule has 2 unspecified atom stereocenters. The van der Waals surface area contributed by atoms with Gasteiger partial charge in [0, 0.05) is 6.20 Å². The van der Waals surface area contributed by atoms with Gasteiger partial charge in [0.2, 0.25) is 0 Å². The van der Waals surface area contributed by atoms with Gasteiger partial charge in [0.15, 0.2) is 0 Å². The van der Waals surface area contributed by atoms with Crippen LogP contribution in [0.25, 0.3) is 0 Å². The average molecular weight is 267 g/mol. The minimum absolute atomic E-state index is 0.0132. The lowest BCUT2D eigenvalue weighted by Crippen LogP contribution is -2.49. The Balaban J connectivity index is 2.13. The summed E-state index contributed by atoms with van der Waals surface area (Å²) in [5, 5.41) is 11.7. The molecule has 1 fully saturated rings. The SMILES string of the molecule is CC1(C(=O)O)COCC1NC(=O)c1c[nH]c(=O)cn1. The van der Waals surface area contributed by atoms with E-state index in [1.807, 2.05) is 0 Å². The molecule has 2 atom stereocenters. The summed E-state index contributed by atoms with van der Waals surface area (Å²) >= 11 is 0. The molecule has 0 spiro atoms. The van der Waals surface area contributed by atoms with Crippen LogP contribution >= 0.6 is 0 Å². The number of carbonyl (C=O) groups excluding carboxylic acids is 1. The summed E-state index contributed by atoms with van der Waals surface area (Å²) in [5.41, 5.74) is -1.58. The molecule has 0 saturated carbocycles. The molecular formula is C11H13N3O5. The lowest BCUT2D eigenvalue weighted by molar-refractivity contribution is -0.148. The van der Waals surface area contributed by atoms with Crippen LogP contribution < -0.4 is 10.9 Å². The number of nitrogens with one attached hydrogen (secondary N) is 2. The van der Waals surface area contributed by atoms with Crippen molar-refractivity contribution in [1.82, 2.24) is 15.3 Å². The standard InChI is InChI=1S/C11H13N3O5/c1-11(10(17)18)5-19-4-7(11)14-9(16)6-2-13-8(15)3-12-6/h2-3,7H,4-5H2,1H3,(H,13,15)(H,14,16)(H,17,18). The molecule has 1 aliphatic heterocycles. The number of carboxylic acid groups (broad SMARTS) is 1. The normalized spacial score (nSPS) is 26.1. The number of aromatic nitrogens is 2. The van der Waals surface area contributed by atoms with Gasteiger partial charge in [-0.2, -0.15) is 0 Å². The van der Waals surface area contributed by atoms with Crippen LogP contribution in [0.1, 0.15) is 17.4 Å². The number of carboxylic acids is 1. The van der Waals surface area contributed by atoms with E-state index >= 15 is 0 Å². The molecule has 0 radical (unpaired) electrons. The lowest BCUT2D eigenvalue weighted by atomic mass is 9.85. The van der Waals surface area contributed by atoms with Crippen LogP contribution in [0.15, 0.2) is 17.2 Å². The number of amides is 1. The average Bonchev–Trinajstić information content (AvgIpc) is 2.73. The van der Waals surface area contributed by atoms with Gasteiger partial charge in [-0.15, -0.1) is 0 Å². The van der Waals surface area contributed by atoms with Crippen molar-refractivity contribution in [3.63, 3.8) is 0 Å². The predicted molar refractivity (Wildman–Crippen MR) is 62.7 cm³/mol. The Bertz CT molecular complexity index is 549. The Labute approximate surface area is 107 Å². The molecule has 0 aromatic carbocycles. The first-order valence-corrected chi connectivity index (χ1v) is 5.60. The summed E-state index contributed by atoms with van der Waals surface area (Å²) in [6.45, 7) is 1.66. The van der Waals surface area contributed by atoms with Crippen LogP contribution in [0.4, 0.5) is 0 Å². The van der Waals surface area contributed by atoms with E-state index in [-0.39, 0.29) is 18.9 Å². The Morgan fingerprint density at radius 2 is 2.37 bits per heavy atom. The minimum Gasteiger partial charge on any atom is -0.481 e. The largest absolute Gasteiger partial charge is 0.481 e. The van der Waals surface area contributed by atoms with Crippen molar-refractivity contribution in [3.8, 4) is 0 Å². The quantitative estimate of drug-likeness (QED) is 0.645. The third-order valence-electron chi connectivity index (χ3n) is 3.15. The summed E-state index contributed by atoms with van der Waals surface area (Å²) in [6, 6.07) is -0.647. The smallest absolute Gasteiger partial charge is 0.313 e. The fourth-order valence-corrected chi connectivity index (χ4v) is 1.78. The maximum absolute atomic E-state index is 11.9. The monoisotopic (exact) mass is 267 g/mol. The highest BCUT2D eigenvalue weighted by Gasteiger charge is 2.47. The molecule has 1 saturated heterocycles. The van der Waals surface area contributed by atoms with E-state index < -0.39 is 28.9 Å². The molecule has 0 aliphatic carbocycles. The van der Waals surface area contributed by atoms with Crippen LogP contribution in [0, 0.1) is 5.41 Å². The van der Waals surface area contributed by atoms with E-state index in [0.29, 0.717) is 0 Å². The Morgan fingerprint density at radius 3 is 2.95 bits per heavy atom. The predicted octanol–water partition coefficient (Wildman–Crippen LogP) is -1.01. The number of hydrogen-bond acceptors (Lipinski definition) is 5. The van der Waals surface area contributed by atoms with E-state index in [2.05, 4.69) is 15.3 Å². The van der Waals surface area contributed by atoms with Gasteiger partial charge in [-0.3, -0.25) is 14.4 Å². The zero-order chi connectivity index (χ0) is 14.0. The third kappa shape index (κ3) is 2.48. The molecule has 1 aromatic heterocycles. The topological polar surface area (TPSA) is 121 Å².